The van der Waals surface area contributed by atoms with Crippen LogP contribution in [-0.2, 0) is 10.8 Å². The van der Waals surface area contributed by atoms with Gasteiger partial charge in [-0.1, -0.05) is 291 Å². The van der Waals surface area contributed by atoms with Crippen LogP contribution in [0, 0.1) is 0 Å². The molecule has 0 saturated heterocycles. The van der Waals surface area contributed by atoms with Crippen LogP contribution < -0.4 is 9.47 Å². The Balaban J connectivity index is 0.660. The monoisotopic (exact) mass is 1490 g/mol. The maximum Gasteiger partial charge on any atom is 0.235 e. The van der Waals surface area contributed by atoms with Crippen molar-refractivity contribution < 1.29 is 9.47 Å². The van der Waals surface area contributed by atoms with Crippen molar-refractivity contribution in [1.82, 2.24) is 29.1 Å². The SMILES string of the molecule is c1ccc(-c2ccc(-c3nc(-n4c5ccccc5c5c6c(ccc54)C4(c5ccccc5O6)c5ccccc5-c5ccccc54)nc4c3sc3cc(-c5ccc6c(c5)C5(c7ccccc7Oc7c5ccc5c7c7ccccc7n5-c5nc(-c7ccc8ccccc8c7)c7sc8ccccc8c7n5)c5ccccc5-6)ccc34)cc2)cc1. The molecule has 0 N–H and O–H groups in total. The molecule has 2 aliphatic heterocycles. The summed E-state index contributed by atoms with van der Waals surface area (Å²) in [6.45, 7) is 0. The van der Waals surface area contributed by atoms with Crippen LogP contribution in [0.5, 0.6) is 23.0 Å². The lowest BCUT2D eigenvalue weighted by molar-refractivity contribution is 0.442. The van der Waals surface area contributed by atoms with Gasteiger partial charge in [-0.25, -0.2) is 19.9 Å². The molecule has 2 aliphatic carbocycles. The lowest BCUT2D eigenvalue weighted by Gasteiger charge is -2.39. The number of benzene rings is 16. The molecule has 2 spiro atoms. The van der Waals surface area contributed by atoms with E-state index in [0.29, 0.717) is 11.9 Å². The second kappa shape index (κ2) is 23.1. The highest BCUT2D eigenvalue weighted by molar-refractivity contribution is 7.26. The van der Waals surface area contributed by atoms with E-state index in [1.165, 1.54) is 54.6 Å². The molecule has 26 rings (SSSR count). The van der Waals surface area contributed by atoms with Gasteiger partial charge in [-0.15, -0.1) is 22.7 Å². The van der Waals surface area contributed by atoms with Gasteiger partial charge in [0.05, 0.1) is 75.5 Å². The van der Waals surface area contributed by atoms with Crippen LogP contribution >= 0.6 is 22.7 Å². The van der Waals surface area contributed by atoms with Crippen LogP contribution in [0.15, 0.2) is 352 Å². The van der Waals surface area contributed by atoms with E-state index < -0.39 is 10.8 Å². The van der Waals surface area contributed by atoms with Crippen molar-refractivity contribution >= 4 is 118 Å². The number of thiophene rings is 2. The molecule has 8 heterocycles. The number of nitrogens with zero attached hydrogens (tertiary/aromatic N) is 6. The molecule has 0 amide bonds. The van der Waals surface area contributed by atoms with Gasteiger partial charge in [0, 0.05) is 64.3 Å². The van der Waals surface area contributed by atoms with Crippen molar-refractivity contribution in [1.29, 1.82) is 0 Å². The number of hydrogen-bond donors (Lipinski definition) is 0. The fraction of sp³-hybridized carbons (Fsp3) is 0.0192. The van der Waals surface area contributed by atoms with Gasteiger partial charge in [0.15, 0.2) is 0 Å². The molecular formula is C104H58N6O2S2. The van der Waals surface area contributed by atoms with Crippen LogP contribution in [0.1, 0.15) is 44.5 Å². The van der Waals surface area contributed by atoms with Gasteiger partial charge in [0.1, 0.15) is 23.0 Å². The van der Waals surface area contributed by atoms with Crippen molar-refractivity contribution in [2.75, 3.05) is 0 Å². The minimum absolute atomic E-state index is 0.581. The van der Waals surface area contributed by atoms with Crippen LogP contribution in [0.4, 0.5) is 0 Å². The van der Waals surface area contributed by atoms with E-state index in [9.17, 15) is 0 Å². The first-order chi connectivity index (χ1) is 56.5. The van der Waals surface area contributed by atoms with Crippen LogP contribution in [-0.4, -0.2) is 29.1 Å². The number of aromatic nitrogens is 6. The molecule has 0 bridgehead atoms. The summed E-state index contributed by atoms with van der Waals surface area (Å²) in [5, 5.41) is 8.65. The highest BCUT2D eigenvalue weighted by Gasteiger charge is 2.54. The molecule has 528 valence electrons. The van der Waals surface area contributed by atoms with E-state index in [1.54, 1.807) is 22.7 Å². The average molecular weight is 1490 g/mol. The molecule has 8 nitrogen and oxygen atoms in total. The van der Waals surface area contributed by atoms with Gasteiger partial charge in [-0.3, -0.25) is 9.13 Å². The van der Waals surface area contributed by atoms with Crippen molar-refractivity contribution in [3.8, 4) is 102 Å². The summed E-state index contributed by atoms with van der Waals surface area (Å²) in [5.74, 6) is 4.50. The Hall–Kier alpha value is -14.4. The quantitative estimate of drug-likeness (QED) is 0.165. The van der Waals surface area contributed by atoms with Crippen LogP contribution in [0.2, 0.25) is 0 Å². The standard InChI is InChI=1S/C104H58N6O2S2/c1-2-22-59(23-3-1)61-42-45-62(46-43-61)93-99-96(108-101(105-93)109-83-37-17-9-29-71(83)91-85(109)54-52-80-97(91)111-87-39-19-15-35-78(87)103(80)75-32-12-6-26-67(75)68-27-7-13-33-76(68)103)74-51-49-65(58-90(74)114-99)64-48-50-70-69-28-8-14-34-77(69)104(82(70)57-64)79-36-16-20-40-88(79)112-98-81(104)53-55-86-92(98)72-30-10-18-38-84(72)110(86)102-106-94(66-47-44-60-24-4-5-25-63(60)56-66)100-95(107-102)73-31-11-21-41-89(73)113-100/h1-58H. The highest BCUT2D eigenvalue weighted by atomic mass is 32.1. The zero-order valence-electron chi connectivity index (χ0n) is 60.8. The second-order valence-electron chi connectivity index (χ2n) is 30.5. The summed E-state index contributed by atoms with van der Waals surface area (Å²) >= 11 is 3.51. The maximum atomic E-state index is 7.55. The number of fused-ring (bicyclic) bond motifs is 33. The van der Waals surface area contributed by atoms with E-state index in [0.717, 1.165) is 175 Å². The van der Waals surface area contributed by atoms with Gasteiger partial charge in [-0.05, 0) is 138 Å². The molecule has 0 radical (unpaired) electrons. The van der Waals surface area contributed by atoms with Crippen molar-refractivity contribution in [2.45, 2.75) is 10.8 Å². The third kappa shape index (κ3) is 8.28. The molecule has 0 fully saturated rings. The van der Waals surface area contributed by atoms with Gasteiger partial charge >= 0.3 is 0 Å². The predicted molar refractivity (Wildman–Crippen MR) is 466 cm³/mol. The Labute approximate surface area is 660 Å². The van der Waals surface area contributed by atoms with Gasteiger partial charge in [-0.2, -0.15) is 0 Å². The minimum atomic E-state index is -0.798. The molecule has 16 aromatic carbocycles. The molecule has 1 atom stereocenters. The van der Waals surface area contributed by atoms with E-state index in [2.05, 4.69) is 361 Å². The largest absolute Gasteiger partial charge is 0.456 e. The Morgan fingerprint density at radius 3 is 1.30 bits per heavy atom. The Morgan fingerprint density at radius 2 is 0.684 bits per heavy atom. The Morgan fingerprint density at radius 1 is 0.254 bits per heavy atom. The number of para-hydroxylation sites is 4. The van der Waals surface area contributed by atoms with E-state index in [4.69, 9.17) is 29.4 Å². The number of ether oxygens (including phenoxy) is 2. The Bertz CT molecular complexity index is 7980. The summed E-state index contributed by atoms with van der Waals surface area (Å²) in [6.07, 6.45) is 0. The fourth-order valence-electron chi connectivity index (χ4n) is 20.2. The molecule has 10 heteroatoms. The zero-order chi connectivity index (χ0) is 74.2. The molecule has 6 aromatic heterocycles. The first kappa shape index (κ1) is 62.4. The van der Waals surface area contributed by atoms with Gasteiger partial charge < -0.3 is 9.47 Å². The second-order valence-corrected chi connectivity index (χ2v) is 32.6. The van der Waals surface area contributed by atoms with E-state index >= 15 is 0 Å². The van der Waals surface area contributed by atoms with Crippen molar-refractivity contribution in [2.24, 2.45) is 0 Å². The predicted octanol–water partition coefficient (Wildman–Crippen LogP) is 27.0. The normalized spacial score (nSPS) is 14.6. The van der Waals surface area contributed by atoms with E-state index in [-0.39, 0.29) is 0 Å². The smallest absolute Gasteiger partial charge is 0.235 e. The maximum absolute atomic E-state index is 7.55. The van der Waals surface area contributed by atoms with Crippen molar-refractivity contribution in [3.05, 3.63) is 396 Å². The van der Waals surface area contributed by atoms with Gasteiger partial charge in [0.2, 0.25) is 11.9 Å². The summed E-state index contributed by atoms with van der Waals surface area (Å²) in [7, 11) is 0. The van der Waals surface area contributed by atoms with E-state index in [1.807, 2.05) is 0 Å². The van der Waals surface area contributed by atoms with Crippen LogP contribution in [0.25, 0.3) is 174 Å². The first-order valence-electron chi connectivity index (χ1n) is 38.7. The third-order valence-corrected chi connectivity index (χ3v) is 27.2. The van der Waals surface area contributed by atoms with Gasteiger partial charge in [0.25, 0.3) is 0 Å². The topological polar surface area (TPSA) is 79.9 Å². The lowest BCUT2D eigenvalue weighted by atomic mass is 9.65. The summed E-state index contributed by atoms with van der Waals surface area (Å²) in [5.41, 5.74) is 26.8. The molecule has 4 aliphatic rings. The average Bonchev–Trinajstić information content (AvgIpc) is 1.49. The summed E-state index contributed by atoms with van der Waals surface area (Å²) in [4.78, 5) is 22.9. The molecule has 0 saturated carbocycles. The minimum Gasteiger partial charge on any atom is -0.456 e. The number of rotatable bonds is 6. The molecular weight excluding hydrogens is 1430 g/mol. The highest BCUT2D eigenvalue weighted by Crippen LogP contribution is 2.66. The van der Waals surface area contributed by atoms with Crippen molar-refractivity contribution in [3.63, 3.8) is 0 Å². The summed E-state index contributed by atoms with van der Waals surface area (Å²) in [6, 6.07) is 128. The molecule has 1 unspecified atom stereocenters. The lowest BCUT2D eigenvalue weighted by Crippen LogP contribution is -2.32. The third-order valence-electron chi connectivity index (χ3n) is 24.9. The molecule has 22 aromatic rings. The van der Waals surface area contributed by atoms with Crippen LogP contribution in [0.3, 0.4) is 0 Å². The summed E-state index contributed by atoms with van der Waals surface area (Å²) < 4.78 is 23.8. The fourth-order valence-corrected chi connectivity index (χ4v) is 22.5. The number of hydrogen-bond acceptors (Lipinski definition) is 8. The molecule has 114 heavy (non-hydrogen) atoms. The zero-order valence-corrected chi connectivity index (χ0v) is 62.4. The Kier molecular flexibility index (Phi) is 12.6. The first-order valence-corrected chi connectivity index (χ1v) is 40.4.